The minimum absolute atomic E-state index is 0.0285. The van der Waals surface area contributed by atoms with Crippen LogP contribution >= 0.6 is 11.6 Å². The van der Waals surface area contributed by atoms with Gasteiger partial charge in [-0.05, 0) is 37.6 Å². The Kier molecular flexibility index (Phi) is 7.98. The molecule has 0 saturated heterocycles. The zero-order chi connectivity index (χ0) is 26.5. The van der Waals surface area contributed by atoms with Gasteiger partial charge in [-0.2, -0.15) is 5.10 Å². The van der Waals surface area contributed by atoms with Crippen molar-refractivity contribution >= 4 is 52.4 Å². The maximum absolute atomic E-state index is 14.1. The molecular formula is C26H26ClFN6O3. The van der Waals surface area contributed by atoms with Crippen LogP contribution in [0.1, 0.15) is 35.5 Å². The number of fused-ring (bicyclic) bond motifs is 1. The number of allylic oxidation sites excluding steroid dienone is 1. The summed E-state index contributed by atoms with van der Waals surface area (Å²) in [4.78, 5) is 43.1. The summed E-state index contributed by atoms with van der Waals surface area (Å²) in [5.74, 6) is -1.39. The normalized spacial score (nSPS) is 12.8. The molecule has 11 heteroatoms. The van der Waals surface area contributed by atoms with Crippen LogP contribution in [0.2, 0.25) is 5.02 Å². The summed E-state index contributed by atoms with van der Waals surface area (Å²) >= 11 is 5.79. The van der Waals surface area contributed by atoms with Crippen LogP contribution in [0, 0.1) is 5.82 Å². The third-order valence-corrected chi connectivity index (χ3v) is 6.24. The topological polar surface area (TPSA) is 109 Å². The lowest BCUT2D eigenvalue weighted by molar-refractivity contribution is -0.138. The largest absolute Gasteiger partial charge is 0.372 e. The van der Waals surface area contributed by atoms with Crippen LogP contribution in [0.5, 0.6) is 0 Å². The molecule has 2 N–H and O–H groups in total. The van der Waals surface area contributed by atoms with Crippen LogP contribution < -0.4 is 10.6 Å². The second kappa shape index (κ2) is 11.3. The first kappa shape index (κ1) is 26.0. The molecular weight excluding hydrogens is 499 g/mol. The Bertz CT molecular complexity index is 1410. The van der Waals surface area contributed by atoms with E-state index in [9.17, 15) is 18.8 Å². The molecule has 1 aromatic heterocycles. The Morgan fingerprint density at radius 3 is 2.81 bits per heavy atom. The number of aliphatic imine (C=N–C) groups is 1. The zero-order valence-corrected chi connectivity index (χ0v) is 21.1. The van der Waals surface area contributed by atoms with Gasteiger partial charge in [-0.1, -0.05) is 29.8 Å². The Morgan fingerprint density at radius 2 is 2.11 bits per heavy atom. The van der Waals surface area contributed by atoms with Gasteiger partial charge in [0.15, 0.2) is 6.29 Å². The summed E-state index contributed by atoms with van der Waals surface area (Å²) in [7, 11) is 0. The van der Waals surface area contributed by atoms with E-state index < -0.39 is 11.7 Å². The van der Waals surface area contributed by atoms with Gasteiger partial charge in [0.25, 0.3) is 0 Å². The van der Waals surface area contributed by atoms with E-state index in [0.29, 0.717) is 23.9 Å². The fraction of sp³-hybridized carbons (Fsp3) is 0.269. The second-order valence-corrected chi connectivity index (χ2v) is 9.18. The lowest BCUT2D eigenvalue weighted by atomic mass is 10.0. The first-order valence-corrected chi connectivity index (χ1v) is 12.0. The van der Waals surface area contributed by atoms with E-state index in [0.717, 1.165) is 11.1 Å². The Morgan fingerprint density at radius 1 is 1.30 bits per heavy atom. The van der Waals surface area contributed by atoms with Gasteiger partial charge in [0.1, 0.15) is 24.7 Å². The highest BCUT2D eigenvalue weighted by molar-refractivity contribution is 6.30. The van der Waals surface area contributed by atoms with Crippen molar-refractivity contribution in [2.24, 2.45) is 4.99 Å². The quantitative estimate of drug-likeness (QED) is 0.418. The highest BCUT2D eigenvalue weighted by Gasteiger charge is 2.23. The van der Waals surface area contributed by atoms with Crippen molar-refractivity contribution in [1.82, 2.24) is 25.3 Å². The summed E-state index contributed by atoms with van der Waals surface area (Å²) in [6.07, 6.45) is 4.24. The maximum Gasteiger partial charge on any atom is 0.245 e. The van der Waals surface area contributed by atoms with Gasteiger partial charge < -0.3 is 15.5 Å². The Balaban J connectivity index is 1.48. The van der Waals surface area contributed by atoms with E-state index in [4.69, 9.17) is 11.6 Å². The summed E-state index contributed by atoms with van der Waals surface area (Å²) in [6, 6.07) is 9.76. The number of amides is 2. The SMILES string of the molecule is CC(C)N(CC(=O)NCc1cccc(Cl)c1F)C(=O)Cn1nc(C=O)c2cc(C3=CNCN=C3)ccc21. The Hall–Kier alpha value is -4.05. The number of aldehydes is 1. The van der Waals surface area contributed by atoms with Crippen LogP contribution in [-0.4, -0.2) is 58.3 Å². The molecule has 2 aromatic carbocycles. The molecule has 1 aliphatic rings. The zero-order valence-electron chi connectivity index (χ0n) is 20.4. The lowest BCUT2D eigenvalue weighted by Gasteiger charge is -2.26. The number of carbonyl (C=O) groups is 3. The van der Waals surface area contributed by atoms with Gasteiger partial charge in [0.2, 0.25) is 11.8 Å². The molecule has 0 radical (unpaired) electrons. The van der Waals surface area contributed by atoms with Gasteiger partial charge in [0.05, 0.1) is 17.1 Å². The van der Waals surface area contributed by atoms with Crippen molar-refractivity contribution in [3.63, 3.8) is 0 Å². The minimum Gasteiger partial charge on any atom is -0.372 e. The fourth-order valence-corrected chi connectivity index (χ4v) is 4.20. The number of benzene rings is 2. The van der Waals surface area contributed by atoms with E-state index in [1.165, 1.54) is 21.7 Å². The molecule has 0 saturated carbocycles. The van der Waals surface area contributed by atoms with E-state index in [1.807, 2.05) is 18.3 Å². The molecule has 4 rings (SSSR count). The highest BCUT2D eigenvalue weighted by Crippen LogP contribution is 2.24. The van der Waals surface area contributed by atoms with Crippen molar-refractivity contribution in [1.29, 1.82) is 0 Å². The van der Waals surface area contributed by atoms with Gasteiger partial charge in [0, 0.05) is 41.5 Å². The average molecular weight is 525 g/mol. The molecule has 1 aliphatic heterocycles. The number of hydrogen-bond donors (Lipinski definition) is 2. The molecule has 0 spiro atoms. The maximum atomic E-state index is 14.1. The molecule has 9 nitrogen and oxygen atoms in total. The van der Waals surface area contributed by atoms with Crippen LogP contribution in [0.25, 0.3) is 16.5 Å². The third kappa shape index (κ3) is 5.86. The summed E-state index contributed by atoms with van der Waals surface area (Å²) in [5, 5.41) is 10.6. The van der Waals surface area contributed by atoms with Crippen LogP contribution in [0.4, 0.5) is 4.39 Å². The first-order valence-electron chi connectivity index (χ1n) is 11.7. The summed E-state index contributed by atoms with van der Waals surface area (Å²) in [5.41, 5.74) is 2.80. The first-order chi connectivity index (χ1) is 17.8. The number of halogens is 2. The summed E-state index contributed by atoms with van der Waals surface area (Å²) in [6.45, 7) is 3.65. The molecule has 2 amide bonds. The number of nitrogens with zero attached hydrogens (tertiary/aromatic N) is 4. The van der Waals surface area contributed by atoms with Crippen molar-refractivity contribution in [2.75, 3.05) is 13.2 Å². The van der Waals surface area contributed by atoms with E-state index >= 15 is 0 Å². The van der Waals surface area contributed by atoms with Gasteiger partial charge in [-0.3, -0.25) is 24.1 Å². The van der Waals surface area contributed by atoms with Crippen molar-refractivity contribution < 1.29 is 18.8 Å². The smallest absolute Gasteiger partial charge is 0.245 e. The predicted octanol–water partition coefficient (Wildman–Crippen LogP) is 3.17. The van der Waals surface area contributed by atoms with E-state index in [-0.39, 0.29) is 47.9 Å². The van der Waals surface area contributed by atoms with E-state index in [1.54, 1.807) is 32.2 Å². The van der Waals surface area contributed by atoms with Crippen LogP contribution in [-0.2, 0) is 22.7 Å². The third-order valence-electron chi connectivity index (χ3n) is 5.94. The molecule has 2 heterocycles. The standard InChI is InChI=1S/C26H26ClFN6O3/c1-16(2)33(12-24(36)31-11-18-4-3-5-21(27)26(18)28)25(37)13-34-23-7-6-17(19-9-29-15-30-10-19)8-20(23)22(14-35)32-34/h3-10,14,16,29H,11-13,15H2,1-2H3,(H,31,36). The number of aromatic nitrogens is 2. The highest BCUT2D eigenvalue weighted by atomic mass is 35.5. The van der Waals surface area contributed by atoms with Gasteiger partial charge in [-0.25, -0.2) is 4.39 Å². The summed E-state index contributed by atoms with van der Waals surface area (Å²) < 4.78 is 15.6. The Labute approximate surface area is 218 Å². The molecule has 0 atom stereocenters. The number of rotatable bonds is 9. The molecule has 37 heavy (non-hydrogen) atoms. The molecule has 192 valence electrons. The van der Waals surface area contributed by atoms with Crippen molar-refractivity contribution in [3.8, 4) is 0 Å². The van der Waals surface area contributed by atoms with Crippen molar-refractivity contribution in [2.45, 2.75) is 33.0 Å². The van der Waals surface area contributed by atoms with Crippen LogP contribution in [0.3, 0.4) is 0 Å². The van der Waals surface area contributed by atoms with Gasteiger partial charge in [-0.15, -0.1) is 0 Å². The van der Waals surface area contributed by atoms with E-state index in [2.05, 4.69) is 20.7 Å². The number of hydrogen-bond acceptors (Lipinski definition) is 6. The predicted molar refractivity (Wildman–Crippen MR) is 140 cm³/mol. The molecule has 0 fully saturated rings. The number of carbonyl (C=O) groups excluding carboxylic acids is 3. The number of nitrogens with one attached hydrogen (secondary N) is 2. The monoisotopic (exact) mass is 524 g/mol. The van der Waals surface area contributed by atoms with Crippen molar-refractivity contribution in [3.05, 3.63) is 70.3 Å². The lowest BCUT2D eigenvalue weighted by Crippen LogP contribution is -2.45. The molecule has 0 bridgehead atoms. The van der Waals surface area contributed by atoms with Crippen LogP contribution in [0.15, 0.2) is 47.6 Å². The average Bonchev–Trinajstić information content (AvgIpc) is 3.25. The molecule has 0 aliphatic carbocycles. The molecule has 0 unspecified atom stereocenters. The fourth-order valence-electron chi connectivity index (χ4n) is 4.01. The van der Waals surface area contributed by atoms with Gasteiger partial charge >= 0.3 is 0 Å². The minimum atomic E-state index is -0.593. The second-order valence-electron chi connectivity index (χ2n) is 8.77. The molecule has 3 aromatic rings.